The predicted octanol–water partition coefficient (Wildman–Crippen LogP) is 0.558. The van der Waals surface area contributed by atoms with Gasteiger partial charge in [0.05, 0.1) is 10.9 Å². The molecule has 3 heterocycles. The molecule has 17 heavy (non-hydrogen) atoms. The summed E-state index contributed by atoms with van der Waals surface area (Å²) in [6.07, 6.45) is 4.58. The van der Waals surface area contributed by atoms with E-state index in [2.05, 4.69) is 15.0 Å². The number of hydrogen-bond donors (Lipinski definition) is 2. The van der Waals surface area contributed by atoms with Crippen molar-refractivity contribution in [1.29, 1.82) is 0 Å². The van der Waals surface area contributed by atoms with Gasteiger partial charge < -0.3 is 10.8 Å². The number of imidazole rings is 1. The molecule has 0 aliphatic carbocycles. The summed E-state index contributed by atoms with van der Waals surface area (Å²) in [5.74, 6) is -1.17. The average Bonchev–Trinajstić information content (AvgIpc) is 2.65. The Morgan fingerprint density at radius 2 is 2.29 bits per heavy atom. The van der Waals surface area contributed by atoms with E-state index in [-0.39, 0.29) is 11.5 Å². The van der Waals surface area contributed by atoms with Gasteiger partial charge in [-0.05, 0) is 6.07 Å². The molecule has 3 aromatic heterocycles. The predicted molar refractivity (Wildman–Crippen MR) is 59.7 cm³/mol. The average molecular weight is 229 g/mol. The minimum absolute atomic E-state index is 0.0318. The summed E-state index contributed by atoms with van der Waals surface area (Å²) >= 11 is 0. The number of fused-ring (bicyclic) bond motifs is 3. The Hall–Kier alpha value is -2.70. The molecule has 3 aromatic rings. The van der Waals surface area contributed by atoms with E-state index in [0.717, 1.165) is 0 Å². The van der Waals surface area contributed by atoms with Gasteiger partial charge in [-0.1, -0.05) is 0 Å². The summed E-state index contributed by atoms with van der Waals surface area (Å²) in [5, 5.41) is 9.70. The lowest BCUT2D eigenvalue weighted by atomic mass is 10.3. The van der Waals surface area contributed by atoms with Crippen LogP contribution in [0.3, 0.4) is 0 Å². The van der Waals surface area contributed by atoms with Crippen molar-refractivity contribution >= 4 is 28.3 Å². The van der Waals surface area contributed by atoms with Crippen molar-refractivity contribution in [3.8, 4) is 0 Å². The number of carboxylic acid groups (broad SMARTS) is 1. The minimum atomic E-state index is -1.14. The molecule has 0 bridgehead atoms. The van der Waals surface area contributed by atoms with Gasteiger partial charge in [-0.2, -0.15) is 0 Å². The Morgan fingerprint density at radius 3 is 3.06 bits per heavy atom. The number of carbonyl (C=O) groups is 1. The van der Waals surface area contributed by atoms with E-state index in [1.54, 1.807) is 18.5 Å². The van der Waals surface area contributed by atoms with Crippen molar-refractivity contribution in [2.24, 2.45) is 0 Å². The van der Waals surface area contributed by atoms with Crippen LogP contribution in [0.15, 0.2) is 24.8 Å². The number of nitrogen functional groups attached to an aromatic ring is 1. The number of nitrogens with two attached hydrogens (primary N) is 1. The van der Waals surface area contributed by atoms with Crippen LogP contribution in [0, 0.1) is 0 Å². The molecule has 3 rings (SSSR count). The number of aromatic carboxylic acids is 1. The number of hydrogen-bond acceptors (Lipinski definition) is 5. The van der Waals surface area contributed by atoms with Crippen LogP contribution in [0.5, 0.6) is 0 Å². The van der Waals surface area contributed by atoms with Gasteiger partial charge in [-0.25, -0.2) is 14.8 Å². The monoisotopic (exact) mass is 229 g/mol. The minimum Gasteiger partial charge on any atom is -0.476 e. The second-order valence-electron chi connectivity index (χ2n) is 3.48. The number of nitrogens with zero attached hydrogens (tertiary/aromatic N) is 4. The highest BCUT2D eigenvalue weighted by Crippen LogP contribution is 2.20. The van der Waals surface area contributed by atoms with E-state index in [9.17, 15) is 4.79 Å². The largest absolute Gasteiger partial charge is 0.476 e. The normalized spacial score (nSPS) is 11.1. The number of rotatable bonds is 1. The molecule has 0 aromatic carbocycles. The summed E-state index contributed by atoms with van der Waals surface area (Å²) in [4.78, 5) is 23.2. The number of aromatic nitrogens is 4. The van der Waals surface area contributed by atoms with Gasteiger partial charge in [0, 0.05) is 12.4 Å². The molecule has 0 atom stereocenters. The summed E-state index contributed by atoms with van der Waals surface area (Å²) in [6, 6.07) is 1.72. The highest BCUT2D eigenvalue weighted by Gasteiger charge is 2.18. The summed E-state index contributed by atoms with van der Waals surface area (Å²) in [7, 11) is 0. The third-order valence-electron chi connectivity index (χ3n) is 2.49. The number of anilines is 1. The van der Waals surface area contributed by atoms with Crippen LogP contribution < -0.4 is 5.73 Å². The highest BCUT2D eigenvalue weighted by atomic mass is 16.4. The summed E-state index contributed by atoms with van der Waals surface area (Å²) in [6.45, 7) is 0. The fraction of sp³-hybridized carbons (Fsp3) is 0. The third-order valence-corrected chi connectivity index (χ3v) is 2.49. The summed E-state index contributed by atoms with van der Waals surface area (Å²) in [5.41, 5.74) is 6.63. The van der Waals surface area contributed by atoms with Crippen molar-refractivity contribution in [1.82, 2.24) is 19.4 Å². The van der Waals surface area contributed by atoms with Crippen molar-refractivity contribution in [2.45, 2.75) is 0 Å². The third kappa shape index (κ3) is 1.22. The van der Waals surface area contributed by atoms with Gasteiger partial charge in [0.25, 0.3) is 0 Å². The molecule has 0 amide bonds. The molecule has 0 saturated carbocycles. The van der Waals surface area contributed by atoms with Crippen molar-refractivity contribution in [3.63, 3.8) is 0 Å². The maximum atomic E-state index is 11.0. The van der Waals surface area contributed by atoms with Crippen molar-refractivity contribution < 1.29 is 9.90 Å². The van der Waals surface area contributed by atoms with Crippen LogP contribution in [0.1, 0.15) is 10.5 Å². The van der Waals surface area contributed by atoms with Gasteiger partial charge in [-0.3, -0.25) is 9.38 Å². The van der Waals surface area contributed by atoms with E-state index < -0.39 is 5.97 Å². The Bertz CT molecular complexity index is 749. The quantitative estimate of drug-likeness (QED) is 0.631. The molecular formula is C10H7N5O2. The molecule has 0 saturated heterocycles. The Kier molecular flexibility index (Phi) is 1.76. The lowest BCUT2D eigenvalue weighted by molar-refractivity contribution is 0.0690. The second-order valence-corrected chi connectivity index (χ2v) is 3.48. The molecule has 7 heteroatoms. The zero-order valence-corrected chi connectivity index (χ0v) is 8.53. The van der Waals surface area contributed by atoms with Crippen LogP contribution in [0.25, 0.3) is 16.6 Å². The highest BCUT2D eigenvalue weighted by molar-refractivity contribution is 5.97. The van der Waals surface area contributed by atoms with Crippen molar-refractivity contribution in [2.75, 3.05) is 5.73 Å². The molecule has 0 aliphatic rings. The van der Waals surface area contributed by atoms with Crippen LogP contribution in [0.2, 0.25) is 0 Å². The number of pyridine rings is 1. The first-order chi connectivity index (χ1) is 8.18. The fourth-order valence-corrected chi connectivity index (χ4v) is 1.76. The second kappa shape index (κ2) is 3.14. The lowest BCUT2D eigenvalue weighted by Crippen LogP contribution is -2.05. The van der Waals surface area contributed by atoms with Crippen LogP contribution in [0.4, 0.5) is 5.82 Å². The standard InChI is InChI=1S/C10H7N5O2/c11-8-7(10(16)17)15-4-13-6-1-2-12-3-5(6)9(15)14-8/h1-4H,11H2,(H,16,17). The van der Waals surface area contributed by atoms with E-state index in [1.807, 2.05) is 0 Å². The molecule has 0 unspecified atom stereocenters. The van der Waals surface area contributed by atoms with E-state index in [4.69, 9.17) is 10.8 Å². The van der Waals surface area contributed by atoms with E-state index in [1.165, 1.54) is 10.7 Å². The van der Waals surface area contributed by atoms with Crippen LogP contribution in [-0.2, 0) is 0 Å². The van der Waals surface area contributed by atoms with Gasteiger partial charge >= 0.3 is 5.97 Å². The van der Waals surface area contributed by atoms with E-state index >= 15 is 0 Å². The van der Waals surface area contributed by atoms with Crippen LogP contribution >= 0.6 is 0 Å². The molecule has 7 nitrogen and oxygen atoms in total. The molecule has 3 N–H and O–H groups in total. The van der Waals surface area contributed by atoms with Crippen molar-refractivity contribution in [3.05, 3.63) is 30.5 Å². The Balaban J connectivity index is 2.53. The molecule has 0 aliphatic heterocycles. The first-order valence-electron chi connectivity index (χ1n) is 4.78. The smallest absolute Gasteiger partial charge is 0.356 e. The lowest BCUT2D eigenvalue weighted by Gasteiger charge is -1.99. The van der Waals surface area contributed by atoms with Gasteiger partial charge in [0.1, 0.15) is 6.33 Å². The van der Waals surface area contributed by atoms with E-state index in [0.29, 0.717) is 16.6 Å². The fourth-order valence-electron chi connectivity index (χ4n) is 1.76. The zero-order chi connectivity index (χ0) is 12.0. The molecule has 0 radical (unpaired) electrons. The number of carboxylic acids is 1. The molecule has 0 fully saturated rings. The first kappa shape index (κ1) is 9.52. The zero-order valence-electron chi connectivity index (χ0n) is 8.53. The SMILES string of the molecule is Nc1nc2c3cnccc3ncn2c1C(=O)O. The maximum Gasteiger partial charge on any atom is 0.356 e. The van der Waals surface area contributed by atoms with Gasteiger partial charge in [-0.15, -0.1) is 0 Å². The van der Waals surface area contributed by atoms with Gasteiger partial charge in [0.2, 0.25) is 0 Å². The topological polar surface area (TPSA) is 106 Å². The first-order valence-corrected chi connectivity index (χ1v) is 4.78. The summed E-state index contributed by atoms with van der Waals surface area (Å²) < 4.78 is 1.35. The van der Waals surface area contributed by atoms with Gasteiger partial charge in [0.15, 0.2) is 17.2 Å². The molecule has 0 spiro atoms. The Labute approximate surface area is 94.6 Å². The van der Waals surface area contributed by atoms with Crippen LogP contribution in [-0.4, -0.2) is 30.4 Å². The Morgan fingerprint density at radius 1 is 1.47 bits per heavy atom. The maximum absolute atomic E-state index is 11.0. The molecule has 84 valence electrons. The molecular weight excluding hydrogens is 222 g/mol.